The molecule has 0 spiro atoms. The Morgan fingerprint density at radius 3 is 2.32 bits per heavy atom. The fourth-order valence-corrected chi connectivity index (χ4v) is 1.62. The lowest BCUT2D eigenvalue weighted by Crippen LogP contribution is -2.33. The van der Waals surface area contributed by atoms with Crippen LogP contribution in [0.25, 0.3) is 0 Å². The van der Waals surface area contributed by atoms with Gasteiger partial charge in [-0.05, 0) is 30.7 Å². The van der Waals surface area contributed by atoms with E-state index in [0.29, 0.717) is 17.9 Å². The number of hydrogen-bond acceptors (Lipinski definition) is 3. The van der Waals surface area contributed by atoms with Crippen LogP contribution in [0.15, 0.2) is 24.3 Å². The molecule has 0 aliphatic rings. The number of amides is 1. The van der Waals surface area contributed by atoms with Crippen LogP contribution in [0.3, 0.4) is 0 Å². The zero-order valence-corrected chi connectivity index (χ0v) is 12.2. The van der Waals surface area contributed by atoms with Crippen LogP contribution in [0.5, 0.6) is 5.75 Å². The number of carbonyl (C=O) groups is 2. The molecule has 122 valence electrons. The minimum absolute atomic E-state index is 0.140. The number of nitrogens with one attached hydrogen (secondary N) is 1. The summed E-state index contributed by atoms with van der Waals surface area (Å²) in [5, 5.41) is 1.73. The van der Waals surface area contributed by atoms with Gasteiger partial charge in [-0.25, -0.2) is 0 Å². The van der Waals surface area contributed by atoms with Crippen molar-refractivity contribution in [3.8, 4) is 5.75 Å². The maximum absolute atomic E-state index is 11.9. The second-order valence-electron chi connectivity index (χ2n) is 4.69. The average Bonchev–Trinajstić information content (AvgIpc) is 2.48. The van der Waals surface area contributed by atoms with Crippen molar-refractivity contribution < 1.29 is 27.5 Å². The number of halogens is 3. The van der Waals surface area contributed by atoms with E-state index in [1.807, 2.05) is 6.92 Å². The Morgan fingerprint density at radius 2 is 1.77 bits per heavy atom. The predicted octanol–water partition coefficient (Wildman–Crippen LogP) is 3.12. The molecule has 0 aromatic heterocycles. The monoisotopic (exact) mass is 317 g/mol. The molecule has 0 aliphatic heterocycles. The predicted molar refractivity (Wildman–Crippen MR) is 74.9 cm³/mol. The molecule has 0 radical (unpaired) electrons. The first-order valence-corrected chi connectivity index (χ1v) is 6.91. The summed E-state index contributed by atoms with van der Waals surface area (Å²) >= 11 is 0. The van der Waals surface area contributed by atoms with Gasteiger partial charge in [0.05, 0.1) is 6.61 Å². The van der Waals surface area contributed by atoms with E-state index in [-0.39, 0.29) is 18.6 Å². The van der Waals surface area contributed by atoms with E-state index in [2.05, 4.69) is 0 Å². The Kier molecular flexibility index (Phi) is 6.88. The molecular formula is C15H18F3NO3. The van der Waals surface area contributed by atoms with Crippen molar-refractivity contribution in [3.05, 3.63) is 29.8 Å². The molecule has 0 heterocycles. The Labute approximate surface area is 126 Å². The number of hydrogen-bond donors (Lipinski definition) is 1. The average molecular weight is 317 g/mol. The van der Waals surface area contributed by atoms with Crippen molar-refractivity contribution in [2.45, 2.75) is 32.4 Å². The van der Waals surface area contributed by atoms with Gasteiger partial charge in [-0.3, -0.25) is 9.59 Å². The molecule has 0 atom stereocenters. The van der Waals surface area contributed by atoms with Crippen LogP contribution in [-0.4, -0.2) is 31.0 Å². The fraction of sp³-hybridized carbons (Fsp3) is 0.467. The van der Waals surface area contributed by atoms with Gasteiger partial charge < -0.3 is 10.1 Å². The second-order valence-corrected chi connectivity index (χ2v) is 4.69. The minimum atomic E-state index is -4.45. The van der Waals surface area contributed by atoms with Gasteiger partial charge in [0.25, 0.3) is 0 Å². The molecule has 0 bridgehead atoms. The summed E-state index contributed by atoms with van der Waals surface area (Å²) in [6.07, 6.45) is -4.00. The van der Waals surface area contributed by atoms with Crippen LogP contribution < -0.4 is 10.1 Å². The Bertz CT molecular complexity index is 498. The zero-order chi connectivity index (χ0) is 16.6. The normalized spacial score (nSPS) is 11.1. The van der Waals surface area contributed by atoms with E-state index in [0.717, 1.165) is 6.42 Å². The van der Waals surface area contributed by atoms with Crippen LogP contribution in [0, 0.1) is 0 Å². The number of Topliss-reactive ketones (excluding diaryl/α,β-unsaturated/α-hetero) is 1. The van der Waals surface area contributed by atoms with Crippen LogP contribution in [0.2, 0.25) is 0 Å². The molecule has 0 saturated heterocycles. The summed E-state index contributed by atoms with van der Waals surface area (Å²) in [6.45, 7) is 1.16. The number of rotatable bonds is 8. The summed E-state index contributed by atoms with van der Waals surface area (Å²) in [6, 6.07) is 6.43. The lowest BCUT2D eigenvalue weighted by Gasteiger charge is -2.08. The van der Waals surface area contributed by atoms with Gasteiger partial charge in [-0.1, -0.05) is 6.92 Å². The van der Waals surface area contributed by atoms with E-state index >= 15 is 0 Å². The van der Waals surface area contributed by atoms with Crippen LogP contribution in [-0.2, 0) is 4.79 Å². The van der Waals surface area contributed by atoms with E-state index in [9.17, 15) is 22.8 Å². The number of benzene rings is 1. The van der Waals surface area contributed by atoms with Crippen LogP contribution in [0.4, 0.5) is 13.2 Å². The van der Waals surface area contributed by atoms with Crippen molar-refractivity contribution >= 4 is 11.7 Å². The second kappa shape index (κ2) is 8.41. The Hall–Kier alpha value is -2.05. The van der Waals surface area contributed by atoms with E-state index < -0.39 is 18.6 Å². The lowest BCUT2D eigenvalue weighted by molar-refractivity contribution is -0.138. The molecule has 0 saturated carbocycles. The molecule has 0 unspecified atom stereocenters. The highest BCUT2D eigenvalue weighted by molar-refractivity contribution is 5.98. The van der Waals surface area contributed by atoms with Gasteiger partial charge in [0, 0.05) is 18.4 Å². The van der Waals surface area contributed by atoms with Gasteiger partial charge >= 0.3 is 6.18 Å². The SMILES string of the molecule is CCCOc1ccc(C(=O)CCC(=O)NCC(F)(F)F)cc1. The molecule has 7 heteroatoms. The largest absolute Gasteiger partial charge is 0.494 e. The molecule has 0 aliphatic carbocycles. The highest BCUT2D eigenvalue weighted by atomic mass is 19.4. The van der Waals surface area contributed by atoms with Crippen molar-refractivity contribution in [1.29, 1.82) is 0 Å². The van der Waals surface area contributed by atoms with Crippen molar-refractivity contribution in [1.82, 2.24) is 5.32 Å². The number of ether oxygens (including phenoxy) is 1. The number of ketones is 1. The molecule has 1 aromatic rings. The van der Waals surface area contributed by atoms with Gasteiger partial charge in [-0.2, -0.15) is 13.2 Å². The molecule has 0 fully saturated rings. The highest BCUT2D eigenvalue weighted by Crippen LogP contribution is 2.15. The minimum Gasteiger partial charge on any atom is -0.494 e. The first kappa shape index (κ1) is 18.0. The Balaban J connectivity index is 2.40. The van der Waals surface area contributed by atoms with E-state index in [1.165, 1.54) is 0 Å². The molecule has 22 heavy (non-hydrogen) atoms. The quantitative estimate of drug-likeness (QED) is 0.750. The fourth-order valence-electron chi connectivity index (χ4n) is 1.62. The molecule has 1 rings (SSSR count). The van der Waals surface area contributed by atoms with Crippen LogP contribution >= 0.6 is 0 Å². The first-order chi connectivity index (χ1) is 10.3. The number of alkyl halides is 3. The van der Waals surface area contributed by atoms with Gasteiger partial charge in [0.15, 0.2) is 5.78 Å². The van der Waals surface area contributed by atoms with Crippen LogP contribution in [0.1, 0.15) is 36.5 Å². The highest BCUT2D eigenvalue weighted by Gasteiger charge is 2.27. The van der Waals surface area contributed by atoms with Crippen molar-refractivity contribution in [3.63, 3.8) is 0 Å². The number of carbonyl (C=O) groups excluding carboxylic acids is 2. The standard InChI is InChI=1S/C15H18F3NO3/c1-2-9-22-12-5-3-11(4-6-12)13(20)7-8-14(21)19-10-15(16,17)18/h3-6H,2,7-10H2,1H3,(H,19,21). The molecule has 1 aromatic carbocycles. The third-order valence-corrected chi connectivity index (χ3v) is 2.71. The lowest BCUT2D eigenvalue weighted by atomic mass is 10.1. The summed E-state index contributed by atoms with van der Waals surface area (Å²) in [7, 11) is 0. The first-order valence-electron chi connectivity index (χ1n) is 6.91. The summed E-state index contributed by atoms with van der Waals surface area (Å²) in [5.74, 6) is -0.459. The third kappa shape index (κ3) is 7.10. The smallest absolute Gasteiger partial charge is 0.405 e. The summed E-state index contributed by atoms with van der Waals surface area (Å²) in [4.78, 5) is 23.0. The zero-order valence-electron chi connectivity index (χ0n) is 12.2. The van der Waals surface area contributed by atoms with Gasteiger partial charge in [0.2, 0.25) is 5.91 Å². The topological polar surface area (TPSA) is 55.4 Å². The van der Waals surface area contributed by atoms with E-state index in [4.69, 9.17) is 4.74 Å². The summed E-state index contributed by atoms with van der Waals surface area (Å²) in [5.41, 5.74) is 0.396. The molecule has 1 amide bonds. The third-order valence-electron chi connectivity index (χ3n) is 2.71. The molecule has 1 N–H and O–H groups in total. The maximum atomic E-state index is 11.9. The van der Waals surface area contributed by atoms with Gasteiger partial charge in [-0.15, -0.1) is 0 Å². The van der Waals surface area contributed by atoms with Crippen molar-refractivity contribution in [2.24, 2.45) is 0 Å². The van der Waals surface area contributed by atoms with Gasteiger partial charge in [0.1, 0.15) is 12.3 Å². The molecule has 4 nitrogen and oxygen atoms in total. The van der Waals surface area contributed by atoms with Crippen molar-refractivity contribution in [2.75, 3.05) is 13.2 Å². The van der Waals surface area contributed by atoms with E-state index in [1.54, 1.807) is 29.6 Å². The Morgan fingerprint density at radius 1 is 1.14 bits per heavy atom. The summed E-state index contributed by atoms with van der Waals surface area (Å²) < 4.78 is 41.1. The molecular weight excluding hydrogens is 299 g/mol. The maximum Gasteiger partial charge on any atom is 0.405 e.